The molecule has 0 atom stereocenters. The van der Waals surface area contributed by atoms with E-state index in [-0.39, 0.29) is 5.91 Å². The van der Waals surface area contributed by atoms with Crippen molar-refractivity contribution >= 4 is 11.6 Å². The Labute approximate surface area is 125 Å². The van der Waals surface area contributed by atoms with Crippen molar-refractivity contribution in [2.45, 2.75) is 20.3 Å². The minimum atomic E-state index is -0.0521. The zero-order chi connectivity index (χ0) is 15.2. The molecule has 0 spiro atoms. The molecular weight excluding hydrogens is 262 g/mol. The summed E-state index contributed by atoms with van der Waals surface area (Å²) in [5.74, 6) is 5.30. The summed E-state index contributed by atoms with van der Waals surface area (Å²) in [6.07, 6.45) is 0.828. The number of carbonyl (C=O) groups is 1. The molecule has 21 heavy (non-hydrogen) atoms. The Kier molecular flexibility index (Phi) is 4.95. The fourth-order valence-electron chi connectivity index (χ4n) is 2.29. The molecule has 0 aliphatic rings. The van der Waals surface area contributed by atoms with Gasteiger partial charge in [-0.15, -0.1) is 0 Å². The van der Waals surface area contributed by atoms with Gasteiger partial charge in [0.1, 0.15) is 0 Å². The second-order valence-electron chi connectivity index (χ2n) is 5.17. The second-order valence-corrected chi connectivity index (χ2v) is 5.17. The summed E-state index contributed by atoms with van der Waals surface area (Å²) in [5.41, 5.74) is 7.41. The molecule has 0 unspecified atom stereocenters. The maximum atomic E-state index is 12.2. The highest BCUT2D eigenvalue weighted by atomic mass is 16.1. The van der Waals surface area contributed by atoms with Crippen molar-refractivity contribution in [2.24, 2.45) is 5.84 Å². The second kappa shape index (κ2) is 6.90. The molecule has 1 amide bonds. The normalized spacial score (nSPS) is 10.2. The molecule has 0 bridgehead atoms. The van der Waals surface area contributed by atoms with E-state index in [1.807, 2.05) is 19.1 Å². The predicted molar refractivity (Wildman–Crippen MR) is 86.2 cm³/mol. The van der Waals surface area contributed by atoms with E-state index in [0.717, 1.165) is 17.7 Å². The van der Waals surface area contributed by atoms with E-state index in [4.69, 9.17) is 5.84 Å². The summed E-state index contributed by atoms with van der Waals surface area (Å²) < 4.78 is 0. The van der Waals surface area contributed by atoms with Gasteiger partial charge in [0.05, 0.1) is 0 Å². The number of hydrazine groups is 1. The molecule has 2 aromatic rings. The lowest BCUT2D eigenvalue weighted by molar-refractivity contribution is 0.0953. The molecule has 0 fully saturated rings. The zero-order valence-corrected chi connectivity index (χ0v) is 12.4. The molecule has 0 saturated carbocycles. The van der Waals surface area contributed by atoms with Crippen LogP contribution in [0.1, 0.15) is 27.0 Å². The van der Waals surface area contributed by atoms with Crippen LogP contribution in [0.25, 0.3) is 0 Å². The number of hydrogen-bond acceptors (Lipinski definition) is 3. The Bertz CT molecular complexity index is 638. The lowest BCUT2D eigenvalue weighted by atomic mass is 10.1. The summed E-state index contributed by atoms with van der Waals surface area (Å²) >= 11 is 0. The van der Waals surface area contributed by atoms with E-state index < -0.39 is 0 Å². The van der Waals surface area contributed by atoms with Gasteiger partial charge in [0, 0.05) is 17.8 Å². The van der Waals surface area contributed by atoms with E-state index in [0.29, 0.717) is 12.1 Å². The Morgan fingerprint density at radius 2 is 1.95 bits per heavy atom. The van der Waals surface area contributed by atoms with Crippen molar-refractivity contribution in [2.75, 3.05) is 12.0 Å². The number of nitrogens with two attached hydrogens (primary N) is 1. The van der Waals surface area contributed by atoms with Crippen LogP contribution in [-0.4, -0.2) is 12.5 Å². The first kappa shape index (κ1) is 15.1. The number of rotatable bonds is 5. The minimum Gasteiger partial charge on any atom is -0.352 e. The molecular formula is C17H21N3O. The molecule has 2 aromatic carbocycles. The summed E-state index contributed by atoms with van der Waals surface area (Å²) in [5, 5.41) is 2.95. The van der Waals surface area contributed by atoms with E-state index in [1.54, 1.807) is 12.1 Å². The van der Waals surface area contributed by atoms with Gasteiger partial charge in [-0.3, -0.25) is 10.6 Å². The molecule has 0 saturated heterocycles. The Balaban J connectivity index is 1.93. The average Bonchev–Trinajstić information content (AvgIpc) is 2.47. The third-order valence-electron chi connectivity index (χ3n) is 3.42. The van der Waals surface area contributed by atoms with Gasteiger partial charge in [-0.2, -0.15) is 0 Å². The highest BCUT2D eigenvalue weighted by Gasteiger charge is 2.08. The third kappa shape index (κ3) is 4.07. The van der Waals surface area contributed by atoms with Gasteiger partial charge in [-0.25, -0.2) is 0 Å². The van der Waals surface area contributed by atoms with Crippen LogP contribution in [0.15, 0.2) is 42.5 Å². The van der Waals surface area contributed by atoms with Gasteiger partial charge in [0.15, 0.2) is 0 Å². The van der Waals surface area contributed by atoms with Crippen LogP contribution in [0.4, 0.5) is 5.69 Å². The number of hydrogen-bond donors (Lipinski definition) is 3. The zero-order valence-electron chi connectivity index (χ0n) is 12.4. The monoisotopic (exact) mass is 283 g/mol. The molecule has 4 N–H and O–H groups in total. The third-order valence-corrected chi connectivity index (χ3v) is 3.42. The molecule has 0 aromatic heterocycles. The number of aryl methyl sites for hydroxylation is 2. The van der Waals surface area contributed by atoms with Gasteiger partial charge in [-0.05, 0) is 49.6 Å². The van der Waals surface area contributed by atoms with Crippen molar-refractivity contribution in [3.05, 3.63) is 64.7 Å². The van der Waals surface area contributed by atoms with Crippen LogP contribution in [0.5, 0.6) is 0 Å². The van der Waals surface area contributed by atoms with Crippen molar-refractivity contribution < 1.29 is 4.79 Å². The maximum absolute atomic E-state index is 12.2. The van der Waals surface area contributed by atoms with E-state index in [1.165, 1.54) is 11.1 Å². The van der Waals surface area contributed by atoms with Gasteiger partial charge >= 0.3 is 0 Å². The van der Waals surface area contributed by atoms with E-state index in [2.05, 4.69) is 35.9 Å². The van der Waals surface area contributed by atoms with Crippen LogP contribution < -0.4 is 16.6 Å². The smallest absolute Gasteiger partial charge is 0.251 e. The average molecular weight is 283 g/mol. The molecule has 110 valence electrons. The molecule has 0 aliphatic carbocycles. The SMILES string of the molecule is Cc1cccc(CCNC(=O)c2ccc(NN)cc2C)c1. The van der Waals surface area contributed by atoms with Crippen LogP contribution in [0.3, 0.4) is 0 Å². The molecule has 0 radical (unpaired) electrons. The topological polar surface area (TPSA) is 67.2 Å². The summed E-state index contributed by atoms with van der Waals surface area (Å²) in [4.78, 5) is 12.2. The van der Waals surface area contributed by atoms with Crippen LogP contribution in [0, 0.1) is 13.8 Å². The molecule has 4 heteroatoms. The number of carbonyl (C=O) groups excluding carboxylic acids is 1. The van der Waals surface area contributed by atoms with Gasteiger partial charge in [0.25, 0.3) is 5.91 Å². The number of anilines is 1. The Morgan fingerprint density at radius 1 is 1.14 bits per heavy atom. The summed E-state index contributed by atoms with van der Waals surface area (Å²) in [6, 6.07) is 13.8. The van der Waals surface area contributed by atoms with Crippen molar-refractivity contribution in [1.82, 2.24) is 5.32 Å². The Morgan fingerprint density at radius 3 is 2.62 bits per heavy atom. The number of nitrogen functional groups attached to an aromatic ring is 1. The fraction of sp³-hybridized carbons (Fsp3) is 0.235. The van der Waals surface area contributed by atoms with Gasteiger partial charge in [-0.1, -0.05) is 29.8 Å². The Hall–Kier alpha value is -2.33. The van der Waals surface area contributed by atoms with Gasteiger partial charge < -0.3 is 10.7 Å². The van der Waals surface area contributed by atoms with Crippen LogP contribution in [0.2, 0.25) is 0 Å². The van der Waals surface area contributed by atoms with E-state index in [9.17, 15) is 4.79 Å². The number of benzene rings is 2. The molecule has 4 nitrogen and oxygen atoms in total. The van der Waals surface area contributed by atoms with E-state index >= 15 is 0 Å². The highest BCUT2D eigenvalue weighted by Crippen LogP contribution is 2.14. The van der Waals surface area contributed by atoms with Crippen molar-refractivity contribution in [3.8, 4) is 0 Å². The number of nitrogens with one attached hydrogen (secondary N) is 2. The lowest BCUT2D eigenvalue weighted by Crippen LogP contribution is -2.26. The lowest BCUT2D eigenvalue weighted by Gasteiger charge is -2.09. The van der Waals surface area contributed by atoms with Crippen LogP contribution >= 0.6 is 0 Å². The van der Waals surface area contributed by atoms with Crippen molar-refractivity contribution in [1.29, 1.82) is 0 Å². The van der Waals surface area contributed by atoms with Crippen LogP contribution in [-0.2, 0) is 6.42 Å². The number of amides is 1. The molecule has 0 aliphatic heterocycles. The largest absolute Gasteiger partial charge is 0.352 e. The standard InChI is InChI=1S/C17H21N3O/c1-12-4-3-5-14(10-12)8-9-19-17(21)16-7-6-15(20-18)11-13(16)2/h3-7,10-11,20H,8-9,18H2,1-2H3,(H,19,21). The summed E-state index contributed by atoms with van der Waals surface area (Å²) in [6.45, 7) is 4.59. The summed E-state index contributed by atoms with van der Waals surface area (Å²) in [7, 11) is 0. The van der Waals surface area contributed by atoms with Crippen molar-refractivity contribution in [3.63, 3.8) is 0 Å². The quantitative estimate of drug-likeness (QED) is 0.583. The predicted octanol–water partition coefficient (Wildman–Crippen LogP) is 2.56. The fourth-order valence-corrected chi connectivity index (χ4v) is 2.29. The first-order chi connectivity index (χ1) is 10.1. The molecule has 2 rings (SSSR count). The maximum Gasteiger partial charge on any atom is 0.251 e. The highest BCUT2D eigenvalue weighted by molar-refractivity contribution is 5.96. The van der Waals surface area contributed by atoms with Gasteiger partial charge in [0.2, 0.25) is 0 Å². The first-order valence-electron chi connectivity index (χ1n) is 7.01. The molecule has 0 heterocycles. The minimum absolute atomic E-state index is 0.0521. The first-order valence-corrected chi connectivity index (χ1v) is 7.01.